The van der Waals surface area contributed by atoms with Crippen LogP contribution in [0.25, 0.3) is 0 Å². The summed E-state index contributed by atoms with van der Waals surface area (Å²) in [7, 11) is 0. The average molecular weight is 447 g/mol. The van der Waals surface area contributed by atoms with Crippen LogP contribution in [0.3, 0.4) is 0 Å². The molecule has 1 aliphatic carbocycles. The molecular formula is C23H31FN4O4. The molecule has 2 heterocycles. The summed E-state index contributed by atoms with van der Waals surface area (Å²) < 4.78 is 14.8. The molecule has 0 radical (unpaired) electrons. The van der Waals surface area contributed by atoms with Gasteiger partial charge in [0.25, 0.3) is 0 Å². The number of piperidine rings is 1. The van der Waals surface area contributed by atoms with E-state index in [1.54, 1.807) is 12.1 Å². The first-order valence-electron chi connectivity index (χ1n) is 11.5. The number of carbonyl (C=O) groups excluding carboxylic acids is 2. The number of carbonyl (C=O) groups is 3. The van der Waals surface area contributed by atoms with E-state index in [2.05, 4.69) is 15.5 Å². The van der Waals surface area contributed by atoms with Crippen LogP contribution in [0.1, 0.15) is 38.5 Å². The molecule has 0 aromatic heterocycles. The summed E-state index contributed by atoms with van der Waals surface area (Å²) in [4.78, 5) is 38.7. The van der Waals surface area contributed by atoms with Gasteiger partial charge < -0.3 is 15.3 Å². The Morgan fingerprint density at radius 1 is 1.09 bits per heavy atom. The number of nitrogens with one attached hydrogen (secondary N) is 2. The molecular weight excluding hydrogens is 415 g/mol. The third-order valence-corrected chi connectivity index (χ3v) is 6.95. The molecule has 0 spiro atoms. The van der Waals surface area contributed by atoms with E-state index in [0.717, 1.165) is 58.4 Å². The van der Waals surface area contributed by atoms with Crippen molar-refractivity contribution in [1.29, 1.82) is 0 Å². The van der Waals surface area contributed by atoms with Gasteiger partial charge in [0.05, 0.1) is 11.6 Å². The minimum absolute atomic E-state index is 0.182. The Kier molecular flexibility index (Phi) is 6.93. The maximum absolute atomic E-state index is 14.8. The molecule has 2 saturated heterocycles. The molecule has 1 aromatic carbocycles. The van der Waals surface area contributed by atoms with Gasteiger partial charge in [0, 0.05) is 44.8 Å². The molecule has 2 aliphatic heterocycles. The van der Waals surface area contributed by atoms with E-state index in [0.29, 0.717) is 23.7 Å². The number of rotatable bonds is 6. The Balaban J connectivity index is 1.26. The number of aliphatic carboxylic acids is 1. The molecule has 3 N–H and O–H groups in total. The largest absolute Gasteiger partial charge is 0.481 e. The molecule has 3 aliphatic rings. The van der Waals surface area contributed by atoms with Crippen molar-refractivity contribution in [3.63, 3.8) is 0 Å². The molecule has 8 nitrogen and oxygen atoms in total. The van der Waals surface area contributed by atoms with Crippen molar-refractivity contribution in [3.8, 4) is 0 Å². The number of carboxylic acid groups (broad SMARTS) is 1. The lowest BCUT2D eigenvalue weighted by atomic mass is 9.82. The number of carboxylic acids is 1. The number of nitrogens with zero attached hydrogens (tertiary/aromatic N) is 2. The smallest absolute Gasteiger partial charge is 0.306 e. The van der Waals surface area contributed by atoms with Crippen LogP contribution >= 0.6 is 0 Å². The molecule has 3 fully saturated rings. The predicted octanol–water partition coefficient (Wildman–Crippen LogP) is 2.06. The first kappa shape index (κ1) is 22.5. The maximum Gasteiger partial charge on any atom is 0.306 e. The summed E-state index contributed by atoms with van der Waals surface area (Å²) in [5.74, 6) is -1.29. The Labute approximate surface area is 187 Å². The van der Waals surface area contributed by atoms with Gasteiger partial charge in [-0.25, -0.2) is 4.39 Å². The average Bonchev–Trinajstić information content (AvgIpc) is 2.77. The second-order valence-corrected chi connectivity index (χ2v) is 9.16. The van der Waals surface area contributed by atoms with Gasteiger partial charge in [-0.15, -0.1) is 0 Å². The number of amides is 2. The lowest BCUT2D eigenvalue weighted by molar-refractivity contribution is -0.143. The highest BCUT2D eigenvalue weighted by Crippen LogP contribution is 2.30. The molecule has 32 heavy (non-hydrogen) atoms. The summed E-state index contributed by atoms with van der Waals surface area (Å²) in [5, 5.41) is 14.5. The lowest BCUT2D eigenvalue weighted by Gasteiger charge is -2.38. The van der Waals surface area contributed by atoms with E-state index in [9.17, 15) is 18.8 Å². The molecule has 4 rings (SSSR count). The Bertz CT molecular complexity index is 864. The van der Waals surface area contributed by atoms with E-state index in [4.69, 9.17) is 5.11 Å². The van der Waals surface area contributed by atoms with Crippen LogP contribution in [0.15, 0.2) is 18.2 Å². The highest BCUT2D eigenvalue weighted by atomic mass is 19.1. The summed E-state index contributed by atoms with van der Waals surface area (Å²) in [6.07, 6.45) is 4.14. The Morgan fingerprint density at radius 3 is 2.44 bits per heavy atom. The third kappa shape index (κ3) is 5.38. The van der Waals surface area contributed by atoms with Crippen molar-refractivity contribution >= 4 is 29.2 Å². The van der Waals surface area contributed by atoms with Crippen LogP contribution in [0.4, 0.5) is 15.8 Å². The van der Waals surface area contributed by atoms with Crippen molar-refractivity contribution in [2.75, 3.05) is 42.9 Å². The molecule has 0 bridgehead atoms. The van der Waals surface area contributed by atoms with Gasteiger partial charge in [-0.1, -0.05) is 0 Å². The van der Waals surface area contributed by atoms with Gasteiger partial charge >= 0.3 is 5.97 Å². The van der Waals surface area contributed by atoms with E-state index in [1.807, 2.05) is 4.90 Å². The summed E-state index contributed by atoms with van der Waals surface area (Å²) >= 11 is 0. The molecule has 1 atom stereocenters. The Morgan fingerprint density at radius 2 is 1.81 bits per heavy atom. The van der Waals surface area contributed by atoms with Crippen LogP contribution in [0.5, 0.6) is 0 Å². The van der Waals surface area contributed by atoms with E-state index >= 15 is 0 Å². The Hall–Kier alpha value is -2.68. The fourth-order valence-electron chi connectivity index (χ4n) is 5.01. The third-order valence-electron chi connectivity index (χ3n) is 6.95. The van der Waals surface area contributed by atoms with Gasteiger partial charge in [0.15, 0.2) is 0 Å². The second-order valence-electron chi connectivity index (χ2n) is 9.16. The van der Waals surface area contributed by atoms with E-state index in [1.165, 1.54) is 6.07 Å². The zero-order chi connectivity index (χ0) is 22.7. The summed E-state index contributed by atoms with van der Waals surface area (Å²) in [6, 6.07) is 4.39. The zero-order valence-corrected chi connectivity index (χ0v) is 18.2. The first-order valence-corrected chi connectivity index (χ1v) is 11.5. The van der Waals surface area contributed by atoms with Gasteiger partial charge in [-0.2, -0.15) is 0 Å². The fraction of sp³-hybridized carbons (Fsp3) is 0.609. The highest BCUT2D eigenvalue weighted by molar-refractivity contribution is 6.01. The fourth-order valence-corrected chi connectivity index (χ4v) is 5.01. The number of hydrogen-bond donors (Lipinski definition) is 3. The number of benzene rings is 1. The number of piperazine rings is 1. The lowest BCUT2D eigenvalue weighted by Crippen LogP contribution is -2.48. The molecule has 1 saturated carbocycles. The minimum Gasteiger partial charge on any atom is -0.481 e. The van der Waals surface area contributed by atoms with Crippen LogP contribution in [-0.4, -0.2) is 66.6 Å². The quantitative estimate of drug-likeness (QED) is 0.575. The van der Waals surface area contributed by atoms with Crippen LogP contribution in [-0.2, 0) is 14.4 Å². The topological polar surface area (TPSA) is 102 Å². The monoisotopic (exact) mass is 446 g/mol. The number of anilines is 2. The van der Waals surface area contributed by atoms with Crippen LogP contribution in [0.2, 0.25) is 0 Å². The van der Waals surface area contributed by atoms with Crippen molar-refractivity contribution in [3.05, 3.63) is 24.0 Å². The highest BCUT2D eigenvalue weighted by Gasteiger charge is 2.29. The second kappa shape index (κ2) is 9.85. The normalized spacial score (nSPS) is 27.2. The van der Waals surface area contributed by atoms with Crippen molar-refractivity contribution in [1.82, 2.24) is 10.2 Å². The summed E-state index contributed by atoms with van der Waals surface area (Å²) in [6.45, 7) is 4.17. The molecule has 1 unspecified atom stereocenters. The van der Waals surface area contributed by atoms with Gasteiger partial charge in [-0.05, 0) is 56.2 Å². The van der Waals surface area contributed by atoms with E-state index < -0.39 is 12.0 Å². The molecule has 174 valence electrons. The number of imide groups is 1. The van der Waals surface area contributed by atoms with Gasteiger partial charge in [0.1, 0.15) is 11.9 Å². The van der Waals surface area contributed by atoms with Crippen molar-refractivity contribution in [2.45, 2.75) is 44.6 Å². The van der Waals surface area contributed by atoms with Crippen LogP contribution in [0, 0.1) is 17.7 Å². The van der Waals surface area contributed by atoms with Crippen molar-refractivity contribution in [2.24, 2.45) is 11.8 Å². The maximum atomic E-state index is 14.8. The predicted molar refractivity (Wildman–Crippen MR) is 118 cm³/mol. The molecule has 2 amide bonds. The standard InChI is InChI=1S/C23H31FN4O4/c24-18-13-17(25-19-6-8-21(29)26-22(19)30)5-7-20(18)28-11-9-27(10-12-28)14-15-1-3-16(4-2-15)23(31)32/h5,7,13,15-16,19,25H,1-4,6,8-12,14H2,(H,31,32)(H,26,29,30). The zero-order valence-electron chi connectivity index (χ0n) is 18.2. The van der Waals surface area contributed by atoms with Crippen LogP contribution < -0.4 is 15.5 Å². The molecule has 1 aromatic rings. The van der Waals surface area contributed by atoms with Gasteiger partial charge in [0.2, 0.25) is 11.8 Å². The summed E-state index contributed by atoms with van der Waals surface area (Å²) in [5.41, 5.74) is 1.08. The SMILES string of the molecule is O=C1CCC(Nc2ccc(N3CCN(CC4CCC(C(=O)O)CC4)CC3)c(F)c2)C(=O)N1. The van der Waals surface area contributed by atoms with Gasteiger partial charge in [-0.3, -0.25) is 24.6 Å². The van der Waals surface area contributed by atoms with E-state index in [-0.39, 0.29) is 30.0 Å². The first-order chi connectivity index (χ1) is 15.4. The molecule has 9 heteroatoms. The number of halogens is 1. The number of hydrogen-bond acceptors (Lipinski definition) is 6. The van der Waals surface area contributed by atoms with Crippen molar-refractivity contribution < 1.29 is 23.9 Å². The minimum atomic E-state index is -0.669.